The minimum atomic E-state index is -3.30. The SMILES string of the molecule is CC(C)CC(CNS(=O)(=O)Cc1ccccc1)N1CCN(C)CC1. The number of likely N-dealkylation sites (N-methyl/N-ethyl adjacent to an activating group) is 1. The first-order valence-corrected chi connectivity index (χ1v) is 10.4. The fourth-order valence-electron chi connectivity index (χ4n) is 3.16. The Bertz CT molecular complexity index is 582. The predicted molar refractivity (Wildman–Crippen MR) is 99.4 cm³/mol. The van der Waals surface area contributed by atoms with E-state index in [9.17, 15) is 8.42 Å². The summed E-state index contributed by atoms with van der Waals surface area (Å²) in [7, 11) is -1.17. The minimum absolute atomic E-state index is 0.0466. The highest BCUT2D eigenvalue weighted by Crippen LogP contribution is 2.14. The largest absolute Gasteiger partial charge is 0.304 e. The predicted octanol–water partition coefficient (Wildman–Crippen LogP) is 1.77. The quantitative estimate of drug-likeness (QED) is 0.774. The molecule has 136 valence electrons. The van der Waals surface area contributed by atoms with Gasteiger partial charge in [-0.1, -0.05) is 44.2 Å². The molecule has 24 heavy (non-hydrogen) atoms. The molecule has 0 amide bonds. The molecule has 0 bridgehead atoms. The van der Waals surface area contributed by atoms with E-state index >= 15 is 0 Å². The van der Waals surface area contributed by atoms with Crippen molar-refractivity contribution in [2.75, 3.05) is 39.8 Å². The summed E-state index contributed by atoms with van der Waals surface area (Å²) in [6.07, 6.45) is 1.01. The maximum atomic E-state index is 12.4. The molecule has 1 N–H and O–H groups in total. The van der Waals surface area contributed by atoms with Crippen LogP contribution in [0.3, 0.4) is 0 Å². The number of sulfonamides is 1. The topological polar surface area (TPSA) is 52.7 Å². The molecule has 1 fully saturated rings. The van der Waals surface area contributed by atoms with Crippen LogP contribution in [0.25, 0.3) is 0 Å². The first kappa shape index (κ1) is 19.4. The molecule has 0 aliphatic carbocycles. The number of hydrogen-bond acceptors (Lipinski definition) is 4. The number of benzene rings is 1. The van der Waals surface area contributed by atoms with Crippen molar-refractivity contribution in [1.29, 1.82) is 0 Å². The van der Waals surface area contributed by atoms with Gasteiger partial charge >= 0.3 is 0 Å². The van der Waals surface area contributed by atoms with Crippen molar-refractivity contribution in [2.24, 2.45) is 5.92 Å². The van der Waals surface area contributed by atoms with Gasteiger partial charge in [0, 0.05) is 38.8 Å². The van der Waals surface area contributed by atoms with Crippen LogP contribution < -0.4 is 4.72 Å². The molecule has 0 radical (unpaired) electrons. The second-order valence-electron chi connectivity index (χ2n) is 7.22. The average Bonchev–Trinajstić information content (AvgIpc) is 2.52. The summed E-state index contributed by atoms with van der Waals surface area (Å²) in [5.41, 5.74) is 0.824. The zero-order valence-electron chi connectivity index (χ0n) is 15.1. The Labute approximate surface area is 147 Å². The molecule has 0 spiro atoms. The van der Waals surface area contributed by atoms with Crippen molar-refractivity contribution < 1.29 is 8.42 Å². The Kier molecular flexibility index (Phi) is 7.22. The van der Waals surface area contributed by atoms with Gasteiger partial charge in [-0.2, -0.15) is 0 Å². The Balaban J connectivity index is 1.93. The van der Waals surface area contributed by atoms with Crippen LogP contribution in [0.2, 0.25) is 0 Å². The van der Waals surface area contributed by atoms with Gasteiger partial charge in [-0.3, -0.25) is 4.90 Å². The standard InChI is InChI=1S/C18H31N3O2S/c1-16(2)13-18(21-11-9-20(3)10-12-21)14-19-24(22,23)15-17-7-5-4-6-8-17/h4-8,16,18-19H,9-15H2,1-3H3. The van der Waals surface area contributed by atoms with Crippen LogP contribution in [0.4, 0.5) is 0 Å². The zero-order chi connectivity index (χ0) is 17.6. The number of hydrogen-bond donors (Lipinski definition) is 1. The first-order valence-electron chi connectivity index (χ1n) is 8.79. The smallest absolute Gasteiger partial charge is 0.215 e. The van der Waals surface area contributed by atoms with E-state index in [1.165, 1.54) is 0 Å². The average molecular weight is 354 g/mol. The third kappa shape index (κ3) is 6.51. The molecule has 5 nitrogen and oxygen atoms in total. The second-order valence-corrected chi connectivity index (χ2v) is 9.02. The maximum Gasteiger partial charge on any atom is 0.215 e. The first-order chi connectivity index (χ1) is 11.4. The summed E-state index contributed by atoms with van der Waals surface area (Å²) in [6, 6.07) is 9.61. The van der Waals surface area contributed by atoms with Crippen LogP contribution >= 0.6 is 0 Å². The van der Waals surface area contributed by atoms with E-state index in [1.807, 2.05) is 30.3 Å². The highest BCUT2D eigenvalue weighted by Gasteiger charge is 2.24. The lowest BCUT2D eigenvalue weighted by molar-refractivity contribution is 0.102. The van der Waals surface area contributed by atoms with E-state index in [1.54, 1.807) is 0 Å². The van der Waals surface area contributed by atoms with Crippen molar-refractivity contribution in [1.82, 2.24) is 14.5 Å². The van der Waals surface area contributed by atoms with Gasteiger partial charge in [0.15, 0.2) is 0 Å². The van der Waals surface area contributed by atoms with Crippen molar-refractivity contribution in [3.8, 4) is 0 Å². The van der Waals surface area contributed by atoms with Crippen molar-refractivity contribution >= 4 is 10.0 Å². The van der Waals surface area contributed by atoms with Gasteiger partial charge in [0.05, 0.1) is 5.75 Å². The highest BCUT2D eigenvalue weighted by molar-refractivity contribution is 7.88. The van der Waals surface area contributed by atoms with Gasteiger partial charge < -0.3 is 4.90 Å². The number of nitrogens with zero attached hydrogens (tertiary/aromatic N) is 2. The van der Waals surface area contributed by atoms with Gasteiger partial charge in [-0.05, 0) is 24.9 Å². The molecule has 1 aliphatic rings. The Morgan fingerprint density at radius 2 is 1.71 bits per heavy atom. The van der Waals surface area contributed by atoms with Crippen LogP contribution in [-0.4, -0.2) is 64.0 Å². The molecule has 1 aromatic carbocycles. The van der Waals surface area contributed by atoms with Gasteiger partial charge in [0.2, 0.25) is 10.0 Å². The molecule has 0 saturated carbocycles. The van der Waals surface area contributed by atoms with E-state index in [0.29, 0.717) is 12.5 Å². The summed E-state index contributed by atoms with van der Waals surface area (Å²) >= 11 is 0. The summed E-state index contributed by atoms with van der Waals surface area (Å²) in [5, 5.41) is 0. The van der Waals surface area contributed by atoms with Gasteiger partial charge in [-0.25, -0.2) is 13.1 Å². The Morgan fingerprint density at radius 3 is 2.29 bits per heavy atom. The highest BCUT2D eigenvalue weighted by atomic mass is 32.2. The van der Waals surface area contributed by atoms with Gasteiger partial charge in [-0.15, -0.1) is 0 Å². The normalized spacial score (nSPS) is 18.8. The third-order valence-corrected chi connectivity index (χ3v) is 5.86. The molecule has 0 aromatic heterocycles. The van der Waals surface area contributed by atoms with Gasteiger partial charge in [0.1, 0.15) is 0 Å². The maximum absolute atomic E-state index is 12.4. The molecule has 1 aliphatic heterocycles. The molecule has 1 heterocycles. The van der Waals surface area contributed by atoms with E-state index < -0.39 is 10.0 Å². The van der Waals surface area contributed by atoms with Gasteiger partial charge in [0.25, 0.3) is 0 Å². The molecule has 1 saturated heterocycles. The second kappa shape index (κ2) is 8.94. The van der Waals surface area contributed by atoms with Crippen molar-refractivity contribution in [3.63, 3.8) is 0 Å². The van der Waals surface area contributed by atoms with Crippen LogP contribution in [0.15, 0.2) is 30.3 Å². The zero-order valence-corrected chi connectivity index (χ0v) is 15.9. The molecule has 1 unspecified atom stereocenters. The molecule has 2 rings (SSSR count). The van der Waals surface area contributed by atoms with E-state index in [-0.39, 0.29) is 11.8 Å². The molecular weight excluding hydrogens is 322 g/mol. The number of rotatable bonds is 8. The van der Waals surface area contributed by atoms with Crippen LogP contribution in [0.1, 0.15) is 25.8 Å². The molecule has 6 heteroatoms. The molecule has 1 aromatic rings. The van der Waals surface area contributed by atoms with E-state index in [2.05, 4.69) is 35.4 Å². The fraction of sp³-hybridized carbons (Fsp3) is 0.667. The summed E-state index contributed by atoms with van der Waals surface area (Å²) < 4.78 is 27.6. The Hall–Kier alpha value is -0.950. The van der Waals surface area contributed by atoms with Crippen molar-refractivity contribution in [2.45, 2.75) is 32.1 Å². The van der Waals surface area contributed by atoms with Crippen molar-refractivity contribution in [3.05, 3.63) is 35.9 Å². The fourth-order valence-corrected chi connectivity index (χ4v) is 4.34. The number of piperazine rings is 1. The summed E-state index contributed by atoms with van der Waals surface area (Å²) in [5.74, 6) is 0.596. The number of nitrogens with one attached hydrogen (secondary N) is 1. The van der Waals surface area contributed by atoms with E-state index in [4.69, 9.17) is 0 Å². The lowest BCUT2D eigenvalue weighted by Crippen LogP contribution is -2.52. The third-order valence-electron chi connectivity index (χ3n) is 4.54. The Morgan fingerprint density at radius 1 is 1.08 bits per heavy atom. The lowest BCUT2D eigenvalue weighted by Gasteiger charge is -2.38. The van der Waals surface area contributed by atoms with Crippen LogP contribution in [0, 0.1) is 5.92 Å². The summed E-state index contributed by atoms with van der Waals surface area (Å²) in [4.78, 5) is 4.76. The minimum Gasteiger partial charge on any atom is -0.304 e. The molecule has 1 atom stereocenters. The van der Waals surface area contributed by atoms with Crippen LogP contribution in [0.5, 0.6) is 0 Å². The van der Waals surface area contributed by atoms with E-state index in [0.717, 1.165) is 38.2 Å². The lowest BCUT2D eigenvalue weighted by atomic mass is 10.0. The van der Waals surface area contributed by atoms with Crippen LogP contribution in [-0.2, 0) is 15.8 Å². The monoisotopic (exact) mass is 353 g/mol. The molecular formula is C18H31N3O2S. The summed E-state index contributed by atoms with van der Waals surface area (Å²) in [6.45, 7) is 9.00.